The van der Waals surface area contributed by atoms with Gasteiger partial charge in [-0.3, -0.25) is 9.59 Å². The van der Waals surface area contributed by atoms with E-state index in [0.717, 1.165) is 11.3 Å². The van der Waals surface area contributed by atoms with Crippen LogP contribution in [0.5, 0.6) is 11.5 Å². The number of carbonyl (C=O) groups is 2. The third-order valence-corrected chi connectivity index (χ3v) is 4.89. The zero-order valence-corrected chi connectivity index (χ0v) is 18.6. The van der Waals surface area contributed by atoms with E-state index in [1.54, 1.807) is 57.5 Å². The molecule has 2 amide bonds. The molecule has 32 heavy (non-hydrogen) atoms. The normalized spacial score (nSPS) is 11.2. The molecule has 1 atom stereocenters. The molecule has 166 valence electrons. The number of hydrogen-bond donors (Lipinski definition) is 3. The number of para-hydroxylation sites is 2. The van der Waals surface area contributed by atoms with Gasteiger partial charge in [-0.25, -0.2) is 0 Å². The first kappa shape index (κ1) is 22.7. The van der Waals surface area contributed by atoms with Gasteiger partial charge >= 0.3 is 0 Å². The summed E-state index contributed by atoms with van der Waals surface area (Å²) in [6, 6.07) is 19.1. The molecule has 3 N–H and O–H groups in total. The number of anilines is 3. The molecule has 0 fully saturated rings. The minimum atomic E-state index is -0.501. The molecule has 0 aliphatic heterocycles. The van der Waals surface area contributed by atoms with Crippen LogP contribution in [0.3, 0.4) is 0 Å². The molecule has 3 aromatic rings. The quantitative estimate of drug-likeness (QED) is 0.479. The molecule has 7 heteroatoms. The minimum absolute atomic E-state index is 0.209. The number of ether oxygens (including phenoxy) is 2. The van der Waals surface area contributed by atoms with Crippen LogP contribution in [0.4, 0.5) is 17.1 Å². The van der Waals surface area contributed by atoms with Crippen molar-refractivity contribution >= 4 is 28.9 Å². The van der Waals surface area contributed by atoms with Gasteiger partial charge in [0.1, 0.15) is 17.5 Å². The van der Waals surface area contributed by atoms with Crippen LogP contribution in [0.1, 0.15) is 22.8 Å². The molecule has 0 bridgehead atoms. The highest BCUT2D eigenvalue weighted by Crippen LogP contribution is 2.26. The first-order valence-corrected chi connectivity index (χ1v) is 10.2. The monoisotopic (exact) mass is 433 g/mol. The number of amides is 2. The van der Waals surface area contributed by atoms with Crippen molar-refractivity contribution in [1.82, 2.24) is 0 Å². The van der Waals surface area contributed by atoms with Crippen LogP contribution < -0.4 is 25.4 Å². The first-order valence-electron chi connectivity index (χ1n) is 10.2. The molecule has 0 radical (unpaired) electrons. The van der Waals surface area contributed by atoms with E-state index in [1.807, 2.05) is 37.3 Å². The number of carbonyl (C=O) groups excluding carboxylic acids is 2. The maximum atomic E-state index is 12.6. The summed E-state index contributed by atoms with van der Waals surface area (Å²) in [5.41, 5.74) is 3.45. The number of benzene rings is 3. The van der Waals surface area contributed by atoms with Gasteiger partial charge in [-0.15, -0.1) is 0 Å². The molecule has 0 saturated heterocycles. The summed E-state index contributed by atoms with van der Waals surface area (Å²) in [5.74, 6) is 0.769. The summed E-state index contributed by atoms with van der Waals surface area (Å²) in [6.45, 7) is 3.74. The van der Waals surface area contributed by atoms with Crippen molar-refractivity contribution in [3.8, 4) is 11.5 Å². The van der Waals surface area contributed by atoms with Gasteiger partial charge < -0.3 is 25.4 Å². The fourth-order valence-electron chi connectivity index (χ4n) is 3.13. The van der Waals surface area contributed by atoms with E-state index in [2.05, 4.69) is 16.0 Å². The molecule has 0 saturated carbocycles. The summed E-state index contributed by atoms with van der Waals surface area (Å²) < 4.78 is 10.6. The molecular formula is C25H27N3O4. The van der Waals surface area contributed by atoms with E-state index >= 15 is 0 Å². The highest BCUT2D eigenvalue weighted by molar-refractivity contribution is 6.05. The number of hydrogen-bond acceptors (Lipinski definition) is 5. The second kappa shape index (κ2) is 10.3. The summed E-state index contributed by atoms with van der Waals surface area (Å²) in [6.07, 6.45) is 0. The second-order valence-corrected chi connectivity index (χ2v) is 7.29. The Morgan fingerprint density at radius 2 is 1.47 bits per heavy atom. The van der Waals surface area contributed by atoms with Crippen LogP contribution in [0.15, 0.2) is 66.7 Å². The lowest BCUT2D eigenvalue weighted by Gasteiger charge is -2.18. The van der Waals surface area contributed by atoms with E-state index in [9.17, 15) is 9.59 Å². The SMILES string of the molecule is COc1ccccc1NC(=O)c1ccc(NC(=O)[C@H](C)Nc2cc(C)ccc2OC)cc1. The van der Waals surface area contributed by atoms with Crippen LogP contribution in [0.25, 0.3) is 0 Å². The Kier molecular flexibility index (Phi) is 7.33. The zero-order chi connectivity index (χ0) is 23.1. The van der Waals surface area contributed by atoms with Gasteiger partial charge in [0.25, 0.3) is 5.91 Å². The summed E-state index contributed by atoms with van der Waals surface area (Å²) in [5, 5.41) is 8.86. The minimum Gasteiger partial charge on any atom is -0.495 e. The molecule has 0 aliphatic rings. The van der Waals surface area contributed by atoms with Crippen LogP contribution in [-0.2, 0) is 4.79 Å². The van der Waals surface area contributed by atoms with Gasteiger partial charge in [0.05, 0.1) is 25.6 Å². The van der Waals surface area contributed by atoms with Gasteiger partial charge in [0.2, 0.25) is 5.91 Å². The van der Waals surface area contributed by atoms with Crippen molar-refractivity contribution in [1.29, 1.82) is 0 Å². The highest BCUT2D eigenvalue weighted by atomic mass is 16.5. The molecule has 0 heterocycles. The average Bonchev–Trinajstić information content (AvgIpc) is 2.80. The lowest BCUT2D eigenvalue weighted by atomic mass is 10.1. The van der Waals surface area contributed by atoms with E-state index in [0.29, 0.717) is 28.4 Å². The lowest BCUT2D eigenvalue weighted by molar-refractivity contribution is -0.116. The Morgan fingerprint density at radius 3 is 2.16 bits per heavy atom. The summed E-state index contributed by atoms with van der Waals surface area (Å²) in [7, 11) is 3.14. The van der Waals surface area contributed by atoms with Crippen LogP contribution in [0.2, 0.25) is 0 Å². The van der Waals surface area contributed by atoms with Crippen molar-refractivity contribution in [2.24, 2.45) is 0 Å². The highest BCUT2D eigenvalue weighted by Gasteiger charge is 2.16. The van der Waals surface area contributed by atoms with E-state index in [-0.39, 0.29) is 11.8 Å². The standard InChI is InChI=1S/C25H27N3O4/c1-16-9-14-23(32-4)21(15-16)26-17(2)24(29)27-19-12-10-18(11-13-19)25(30)28-20-7-5-6-8-22(20)31-3/h5-15,17,26H,1-4H3,(H,27,29)(H,28,30)/t17-/m0/s1. The smallest absolute Gasteiger partial charge is 0.255 e. The van der Waals surface area contributed by atoms with Gasteiger partial charge in [-0.2, -0.15) is 0 Å². The van der Waals surface area contributed by atoms with E-state index in [4.69, 9.17) is 9.47 Å². The van der Waals surface area contributed by atoms with Gasteiger partial charge in [-0.05, 0) is 67.9 Å². The lowest BCUT2D eigenvalue weighted by Crippen LogP contribution is -2.32. The van der Waals surface area contributed by atoms with Crippen molar-refractivity contribution < 1.29 is 19.1 Å². The molecular weight excluding hydrogens is 406 g/mol. The molecule has 0 unspecified atom stereocenters. The van der Waals surface area contributed by atoms with Crippen molar-refractivity contribution in [2.45, 2.75) is 19.9 Å². The third-order valence-electron chi connectivity index (χ3n) is 4.89. The third kappa shape index (κ3) is 5.57. The Balaban J connectivity index is 1.62. The van der Waals surface area contributed by atoms with Gasteiger partial charge in [-0.1, -0.05) is 18.2 Å². The van der Waals surface area contributed by atoms with Crippen molar-refractivity contribution in [2.75, 3.05) is 30.2 Å². The van der Waals surface area contributed by atoms with Crippen LogP contribution >= 0.6 is 0 Å². The number of rotatable bonds is 8. The first-order chi connectivity index (χ1) is 15.4. The Hall–Kier alpha value is -4.00. The number of aryl methyl sites for hydroxylation is 1. The predicted octanol–water partition coefficient (Wildman–Crippen LogP) is 4.70. The Labute approximate surface area is 187 Å². The van der Waals surface area contributed by atoms with E-state index in [1.165, 1.54) is 0 Å². The van der Waals surface area contributed by atoms with Crippen molar-refractivity contribution in [3.63, 3.8) is 0 Å². The Bertz CT molecular complexity index is 1100. The number of methoxy groups -OCH3 is 2. The molecule has 3 aromatic carbocycles. The van der Waals surface area contributed by atoms with E-state index < -0.39 is 6.04 Å². The molecule has 7 nitrogen and oxygen atoms in total. The van der Waals surface area contributed by atoms with Crippen LogP contribution in [-0.4, -0.2) is 32.1 Å². The molecule has 0 aliphatic carbocycles. The van der Waals surface area contributed by atoms with Gasteiger partial charge in [0, 0.05) is 11.3 Å². The molecule has 0 spiro atoms. The van der Waals surface area contributed by atoms with Crippen LogP contribution in [0, 0.1) is 6.92 Å². The second-order valence-electron chi connectivity index (χ2n) is 7.29. The topological polar surface area (TPSA) is 88.7 Å². The fraction of sp³-hybridized carbons (Fsp3) is 0.200. The van der Waals surface area contributed by atoms with Crippen molar-refractivity contribution in [3.05, 3.63) is 77.9 Å². The summed E-state index contributed by atoms with van der Waals surface area (Å²) >= 11 is 0. The summed E-state index contributed by atoms with van der Waals surface area (Å²) in [4.78, 5) is 25.2. The van der Waals surface area contributed by atoms with Gasteiger partial charge in [0.15, 0.2) is 0 Å². The molecule has 0 aromatic heterocycles. The number of nitrogens with one attached hydrogen (secondary N) is 3. The molecule has 3 rings (SSSR count). The predicted molar refractivity (Wildman–Crippen MR) is 127 cm³/mol. The average molecular weight is 434 g/mol. The Morgan fingerprint density at radius 1 is 0.812 bits per heavy atom. The maximum Gasteiger partial charge on any atom is 0.255 e. The largest absolute Gasteiger partial charge is 0.495 e. The zero-order valence-electron chi connectivity index (χ0n) is 18.6. The maximum absolute atomic E-state index is 12.6. The fourth-order valence-corrected chi connectivity index (χ4v) is 3.13.